The van der Waals surface area contributed by atoms with Crippen LogP contribution in [0.5, 0.6) is 0 Å². The third kappa shape index (κ3) is 4.99. The van der Waals surface area contributed by atoms with Gasteiger partial charge in [-0.25, -0.2) is 9.97 Å². The van der Waals surface area contributed by atoms with Gasteiger partial charge in [0.05, 0.1) is 28.5 Å². The van der Waals surface area contributed by atoms with E-state index in [0.29, 0.717) is 5.95 Å². The number of nitrogens with one attached hydrogen (secondary N) is 1. The fourth-order valence-corrected chi connectivity index (χ4v) is 4.71. The van der Waals surface area contributed by atoms with Crippen molar-refractivity contribution in [3.05, 3.63) is 108 Å². The van der Waals surface area contributed by atoms with Crippen molar-refractivity contribution < 1.29 is 0 Å². The second kappa shape index (κ2) is 10.6. The summed E-state index contributed by atoms with van der Waals surface area (Å²) in [5.74, 6) is 2.11. The normalized spacial score (nSPS) is 11.9. The fourth-order valence-electron chi connectivity index (χ4n) is 4.71. The number of anilines is 2. The molecule has 0 amide bonds. The first-order valence-corrected chi connectivity index (χ1v) is 13.2. The van der Waals surface area contributed by atoms with Crippen molar-refractivity contribution in [2.24, 2.45) is 0 Å². The van der Waals surface area contributed by atoms with Gasteiger partial charge in [0.15, 0.2) is 5.82 Å². The molecule has 0 aliphatic carbocycles. The summed E-state index contributed by atoms with van der Waals surface area (Å²) in [6.45, 7) is 4.21. The third-order valence-corrected chi connectivity index (χ3v) is 6.98. The molecule has 6 rings (SSSR count). The minimum atomic E-state index is 0.0308. The van der Waals surface area contributed by atoms with Crippen LogP contribution in [0.15, 0.2) is 97.3 Å². The average molecular weight is 527 g/mol. The molecule has 0 aliphatic heterocycles. The van der Waals surface area contributed by atoms with Crippen molar-refractivity contribution in [1.82, 2.24) is 29.7 Å². The molecule has 1 N–H and O–H groups in total. The predicted octanol–water partition coefficient (Wildman–Crippen LogP) is 6.49. The average Bonchev–Trinajstić information content (AvgIpc) is 3.41. The summed E-state index contributed by atoms with van der Waals surface area (Å²) < 4.78 is 2.00. The molecule has 6 aromatic rings. The lowest BCUT2D eigenvalue weighted by atomic mass is 10.1. The van der Waals surface area contributed by atoms with Crippen LogP contribution in [0.25, 0.3) is 39.4 Å². The first-order chi connectivity index (χ1) is 19.5. The predicted molar refractivity (Wildman–Crippen MR) is 161 cm³/mol. The van der Waals surface area contributed by atoms with E-state index in [9.17, 15) is 0 Å². The molecular weight excluding hydrogens is 496 g/mol. The number of fused-ring (bicyclic) bond motifs is 1. The van der Waals surface area contributed by atoms with Gasteiger partial charge in [0.2, 0.25) is 5.95 Å². The molecule has 0 saturated carbocycles. The zero-order valence-corrected chi connectivity index (χ0v) is 22.9. The molecule has 3 aromatic heterocycles. The Morgan fingerprint density at radius 2 is 1.60 bits per heavy atom. The molecule has 3 heterocycles. The van der Waals surface area contributed by atoms with Gasteiger partial charge in [-0.15, -0.1) is 10.2 Å². The van der Waals surface area contributed by atoms with Crippen LogP contribution >= 0.6 is 0 Å². The maximum Gasteiger partial charge on any atom is 0.225 e. The zero-order chi connectivity index (χ0) is 27.6. The minimum Gasteiger partial charge on any atom is -0.361 e. The zero-order valence-electron chi connectivity index (χ0n) is 22.9. The molecule has 0 bridgehead atoms. The van der Waals surface area contributed by atoms with Crippen molar-refractivity contribution in [2.75, 3.05) is 24.3 Å². The molecule has 8 heteroatoms. The number of hydrogen-bond acceptors (Lipinski definition) is 7. The first kappa shape index (κ1) is 25.2. The van der Waals surface area contributed by atoms with Crippen LogP contribution in [0.3, 0.4) is 0 Å². The Hall–Kier alpha value is -5.11. The molecule has 8 nitrogen and oxygen atoms in total. The van der Waals surface area contributed by atoms with Crippen LogP contribution in [-0.4, -0.2) is 43.8 Å². The fraction of sp³-hybridized carbons (Fsp3) is 0.156. The molecule has 0 saturated heterocycles. The topological polar surface area (TPSA) is 84.7 Å². The molecular formula is C32H30N8. The van der Waals surface area contributed by atoms with E-state index in [2.05, 4.69) is 59.7 Å². The minimum absolute atomic E-state index is 0.0308. The molecule has 1 atom stereocenters. The Morgan fingerprint density at radius 1 is 0.800 bits per heavy atom. The van der Waals surface area contributed by atoms with Gasteiger partial charge in [0.25, 0.3) is 0 Å². The highest BCUT2D eigenvalue weighted by Crippen LogP contribution is 2.29. The number of rotatable bonds is 7. The van der Waals surface area contributed by atoms with Gasteiger partial charge in [0, 0.05) is 31.3 Å². The standard InChI is InChI=1S/C32H30N8/c1-21-10-8-9-13-25(21)27-19-31(36-32(35-27)34-22(2)23-11-6-5-7-12-23)40-20-33-28-18-24(14-16-29(28)40)26-15-17-30(38-37-26)39(3)4/h5-20,22H,1-4H3,(H,34,35,36)/t22-/m0/s1. The van der Waals surface area contributed by atoms with E-state index in [1.807, 2.05) is 90.6 Å². The van der Waals surface area contributed by atoms with Crippen molar-refractivity contribution >= 4 is 22.8 Å². The van der Waals surface area contributed by atoms with Crippen molar-refractivity contribution in [1.29, 1.82) is 0 Å². The largest absolute Gasteiger partial charge is 0.361 e. The molecule has 40 heavy (non-hydrogen) atoms. The van der Waals surface area contributed by atoms with Crippen molar-refractivity contribution in [3.63, 3.8) is 0 Å². The van der Waals surface area contributed by atoms with Gasteiger partial charge in [-0.2, -0.15) is 4.98 Å². The lowest BCUT2D eigenvalue weighted by Gasteiger charge is -2.17. The SMILES string of the molecule is Cc1ccccc1-c1cc(-n2cnc3cc(-c4ccc(N(C)C)nn4)ccc32)nc(N[C@@H](C)c2ccccc2)n1. The number of aromatic nitrogens is 6. The van der Waals surface area contributed by atoms with Crippen LogP contribution in [0.1, 0.15) is 24.1 Å². The van der Waals surface area contributed by atoms with Crippen molar-refractivity contribution in [2.45, 2.75) is 19.9 Å². The molecule has 0 aliphatic rings. The summed E-state index contributed by atoms with van der Waals surface area (Å²) in [6.07, 6.45) is 1.81. The lowest BCUT2D eigenvalue weighted by Crippen LogP contribution is -2.11. The Bertz CT molecular complexity index is 1780. The van der Waals surface area contributed by atoms with Gasteiger partial charge in [-0.1, -0.05) is 60.7 Å². The van der Waals surface area contributed by atoms with Gasteiger partial charge in [0.1, 0.15) is 12.1 Å². The lowest BCUT2D eigenvalue weighted by molar-refractivity contribution is 0.855. The number of benzene rings is 3. The van der Waals surface area contributed by atoms with E-state index in [1.54, 1.807) is 0 Å². The van der Waals surface area contributed by atoms with E-state index < -0.39 is 0 Å². The summed E-state index contributed by atoms with van der Waals surface area (Å²) >= 11 is 0. The highest BCUT2D eigenvalue weighted by Gasteiger charge is 2.15. The van der Waals surface area contributed by atoms with E-state index in [1.165, 1.54) is 0 Å². The Kier molecular flexibility index (Phi) is 6.66. The Balaban J connectivity index is 1.41. The maximum absolute atomic E-state index is 4.93. The number of aryl methyl sites for hydroxylation is 1. The van der Waals surface area contributed by atoms with E-state index in [4.69, 9.17) is 15.0 Å². The second-order valence-corrected chi connectivity index (χ2v) is 10.0. The first-order valence-electron chi connectivity index (χ1n) is 13.2. The molecule has 0 fully saturated rings. The van der Waals surface area contributed by atoms with E-state index in [-0.39, 0.29) is 6.04 Å². The molecule has 3 aromatic carbocycles. The van der Waals surface area contributed by atoms with Gasteiger partial charge in [-0.05, 0) is 49.2 Å². The monoisotopic (exact) mass is 526 g/mol. The summed E-state index contributed by atoms with van der Waals surface area (Å²) in [4.78, 5) is 16.5. The molecule has 0 unspecified atom stereocenters. The van der Waals surface area contributed by atoms with E-state index >= 15 is 0 Å². The summed E-state index contributed by atoms with van der Waals surface area (Å²) in [6, 6.07) is 30.7. The van der Waals surface area contributed by atoms with Crippen LogP contribution in [0.2, 0.25) is 0 Å². The smallest absolute Gasteiger partial charge is 0.225 e. The van der Waals surface area contributed by atoms with Gasteiger partial charge in [-0.3, -0.25) is 4.57 Å². The quantitative estimate of drug-likeness (QED) is 0.255. The summed E-state index contributed by atoms with van der Waals surface area (Å²) in [5, 5.41) is 12.2. The number of hydrogen-bond donors (Lipinski definition) is 1. The van der Waals surface area contributed by atoms with E-state index in [0.717, 1.165) is 56.3 Å². The highest BCUT2D eigenvalue weighted by molar-refractivity contribution is 5.83. The van der Waals surface area contributed by atoms with Crippen LogP contribution in [0, 0.1) is 6.92 Å². The summed E-state index contributed by atoms with van der Waals surface area (Å²) in [5.41, 5.74) is 7.77. The maximum atomic E-state index is 4.93. The number of nitrogens with zero attached hydrogens (tertiary/aromatic N) is 7. The molecule has 198 valence electrons. The second-order valence-electron chi connectivity index (χ2n) is 10.0. The Morgan fingerprint density at radius 3 is 2.35 bits per heavy atom. The van der Waals surface area contributed by atoms with Crippen LogP contribution in [0.4, 0.5) is 11.8 Å². The highest BCUT2D eigenvalue weighted by atomic mass is 15.2. The van der Waals surface area contributed by atoms with Gasteiger partial charge < -0.3 is 10.2 Å². The van der Waals surface area contributed by atoms with Crippen molar-refractivity contribution in [3.8, 4) is 28.3 Å². The van der Waals surface area contributed by atoms with Crippen LogP contribution < -0.4 is 10.2 Å². The van der Waals surface area contributed by atoms with Crippen LogP contribution in [-0.2, 0) is 0 Å². The third-order valence-electron chi connectivity index (χ3n) is 6.98. The Labute approximate surface area is 233 Å². The van der Waals surface area contributed by atoms with Gasteiger partial charge >= 0.3 is 0 Å². The number of imidazole rings is 1. The molecule has 0 radical (unpaired) electrons. The summed E-state index contributed by atoms with van der Waals surface area (Å²) in [7, 11) is 3.90. The molecule has 0 spiro atoms.